The van der Waals surface area contributed by atoms with Crippen LogP contribution in [0.1, 0.15) is 11.5 Å². The summed E-state index contributed by atoms with van der Waals surface area (Å²) in [4.78, 5) is 11.9. The van der Waals surface area contributed by atoms with Gasteiger partial charge in [-0.1, -0.05) is 6.07 Å². The molecule has 11 heteroatoms. The monoisotopic (exact) mass is 418 g/mol. The molecule has 0 aliphatic heterocycles. The predicted octanol–water partition coefficient (Wildman–Crippen LogP) is 4.41. The van der Waals surface area contributed by atoms with Gasteiger partial charge in [0.05, 0.1) is 11.8 Å². The van der Waals surface area contributed by atoms with Crippen LogP contribution in [-0.2, 0) is 13.2 Å². The fourth-order valence-electron chi connectivity index (χ4n) is 2.58. The number of halogens is 3. The minimum atomic E-state index is -4.62. The molecule has 0 bridgehead atoms. The normalized spacial score (nSPS) is 11.8. The molecule has 148 valence electrons. The Hall–Kier alpha value is -3.21. The van der Waals surface area contributed by atoms with Gasteiger partial charge < -0.3 is 8.98 Å². The van der Waals surface area contributed by atoms with Crippen molar-refractivity contribution in [2.75, 3.05) is 0 Å². The second kappa shape index (κ2) is 7.32. The minimum absolute atomic E-state index is 0.0824. The molecule has 4 heterocycles. The van der Waals surface area contributed by atoms with E-state index in [1.54, 1.807) is 42.8 Å². The highest BCUT2D eigenvalue weighted by atomic mass is 32.2. The molecule has 7 nitrogen and oxygen atoms in total. The molecule has 0 atom stereocenters. The molecule has 0 aromatic carbocycles. The molecule has 29 heavy (non-hydrogen) atoms. The highest BCUT2D eigenvalue weighted by molar-refractivity contribution is 7.99. The highest BCUT2D eigenvalue weighted by Crippen LogP contribution is 2.34. The predicted molar refractivity (Wildman–Crippen MR) is 97.8 cm³/mol. The van der Waals surface area contributed by atoms with Crippen molar-refractivity contribution in [1.82, 2.24) is 29.7 Å². The van der Waals surface area contributed by atoms with Crippen molar-refractivity contribution >= 4 is 11.8 Å². The molecule has 0 aliphatic carbocycles. The molecule has 4 aromatic rings. The third kappa shape index (κ3) is 3.86. The summed E-state index contributed by atoms with van der Waals surface area (Å²) < 4.78 is 47.0. The van der Waals surface area contributed by atoms with Crippen LogP contribution in [-0.4, -0.2) is 29.7 Å². The fourth-order valence-corrected chi connectivity index (χ4v) is 3.38. The lowest BCUT2D eigenvalue weighted by Gasteiger charge is -2.10. The topological polar surface area (TPSA) is 82.5 Å². The zero-order valence-corrected chi connectivity index (χ0v) is 16.0. The van der Waals surface area contributed by atoms with E-state index in [1.807, 2.05) is 0 Å². The van der Waals surface area contributed by atoms with Gasteiger partial charge in [0.25, 0.3) is 0 Å². The second-order valence-corrected chi connectivity index (χ2v) is 6.97. The first-order chi connectivity index (χ1) is 13.8. The first kappa shape index (κ1) is 19.1. The number of rotatable bonds is 4. The molecule has 0 radical (unpaired) electrons. The quantitative estimate of drug-likeness (QED) is 0.454. The molecule has 0 fully saturated rings. The Bertz CT molecular complexity index is 1160. The number of nitrogens with zero attached hydrogens (tertiary/aromatic N) is 6. The Balaban J connectivity index is 1.74. The van der Waals surface area contributed by atoms with Gasteiger partial charge in [0.15, 0.2) is 16.8 Å². The van der Waals surface area contributed by atoms with E-state index in [4.69, 9.17) is 4.42 Å². The van der Waals surface area contributed by atoms with Gasteiger partial charge in [0.1, 0.15) is 22.2 Å². The molecule has 0 unspecified atom stereocenters. The maximum atomic E-state index is 13.4. The van der Waals surface area contributed by atoms with Gasteiger partial charge in [-0.15, -0.1) is 10.2 Å². The average Bonchev–Trinajstić information content (AvgIpc) is 3.27. The number of furan rings is 1. The van der Waals surface area contributed by atoms with E-state index in [9.17, 15) is 13.2 Å². The van der Waals surface area contributed by atoms with Gasteiger partial charge >= 0.3 is 6.18 Å². The Morgan fingerprint density at radius 1 is 1.10 bits per heavy atom. The molecule has 0 saturated heterocycles. The third-order valence-corrected chi connectivity index (χ3v) is 4.97. The van der Waals surface area contributed by atoms with Crippen LogP contribution in [0.25, 0.3) is 22.9 Å². The van der Waals surface area contributed by atoms with Crippen LogP contribution < -0.4 is 0 Å². The zero-order valence-electron chi connectivity index (χ0n) is 15.2. The first-order valence-electron chi connectivity index (χ1n) is 8.32. The standard InChI is InChI=1S/C18H13F3N6OS/c1-10-11(6-8-28-10)16-25-26-17(27(16)2)29-14-9-13(18(19,20)21)23-15(24-14)12-5-3-4-7-22-12/h3-9H,1-2H3. The molecular weight excluding hydrogens is 405 g/mol. The number of pyridine rings is 1. The van der Waals surface area contributed by atoms with Crippen LogP contribution in [0.3, 0.4) is 0 Å². The SMILES string of the molecule is Cc1occc1-c1nnc(Sc2cc(C(F)(F)F)nc(-c3ccccn3)n2)n1C. The summed E-state index contributed by atoms with van der Waals surface area (Å²) in [6, 6.07) is 7.49. The number of aromatic nitrogens is 6. The summed E-state index contributed by atoms with van der Waals surface area (Å²) in [6.07, 6.45) is -1.62. The molecule has 4 aromatic heterocycles. The van der Waals surface area contributed by atoms with Gasteiger partial charge in [-0.25, -0.2) is 9.97 Å². The highest BCUT2D eigenvalue weighted by Gasteiger charge is 2.34. The molecule has 0 N–H and O–H groups in total. The zero-order chi connectivity index (χ0) is 20.6. The van der Waals surface area contributed by atoms with E-state index in [1.165, 1.54) is 12.5 Å². The molecule has 0 spiro atoms. The third-order valence-electron chi connectivity index (χ3n) is 4.02. The summed E-state index contributed by atoms with van der Waals surface area (Å²) in [5.74, 6) is 1.08. The fraction of sp³-hybridized carbons (Fsp3) is 0.167. The number of alkyl halides is 3. The van der Waals surface area contributed by atoms with Crippen LogP contribution in [0.2, 0.25) is 0 Å². The molecule has 0 aliphatic rings. The summed E-state index contributed by atoms with van der Waals surface area (Å²) in [5.41, 5.74) is -0.0588. The van der Waals surface area contributed by atoms with Gasteiger partial charge in [-0.05, 0) is 36.9 Å². The minimum Gasteiger partial charge on any atom is -0.469 e. The van der Waals surface area contributed by atoms with Gasteiger partial charge in [-0.3, -0.25) is 4.98 Å². The van der Waals surface area contributed by atoms with Crippen LogP contribution in [0.5, 0.6) is 0 Å². The first-order valence-corrected chi connectivity index (χ1v) is 9.14. The summed E-state index contributed by atoms with van der Waals surface area (Å²) in [6.45, 7) is 1.79. The van der Waals surface area contributed by atoms with E-state index < -0.39 is 11.9 Å². The maximum Gasteiger partial charge on any atom is 0.433 e. The van der Waals surface area contributed by atoms with Gasteiger partial charge in [0.2, 0.25) is 0 Å². The lowest BCUT2D eigenvalue weighted by molar-refractivity contribution is -0.141. The Morgan fingerprint density at radius 2 is 1.93 bits per heavy atom. The number of hydrogen-bond acceptors (Lipinski definition) is 7. The van der Waals surface area contributed by atoms with Crippen molar-refractivity contribution < 1.29 is 17.6 Å². The molecule has 0 saturated carbocycles. The Kier molecular flexibility index (Phi) is 4.82. The second-order valence-electron chi connectivity index (χ2n) is 5.99. The van der Waals surface area contributed by atoms with E-state index in [0.29, 0.717) is 16.7 Å². The van der Waals surface area contributed by atoms with Crippen LogP contribution in [0.15, 0.2) is 57.4 Å². The van der Waals surface area contributed by atoms with E-state index in [-0.39, 0.29) is 16.5 Å². The average molecular weight is 418 g/mol. The molecule has 4 rings (SSSR count). The van der Waals surface area contributed by atoms with E-state index >= 15 is 0 Å². The summed E-state index contributed by atoms with van der Waals surface area (Å²) in [7, 11) is 1.72. The van der Waals surface area contributed by atoms with E-state index in [2.05, 4.69) is 25.1 Å². The van der Waals surface area contributed by atoms with Crippen LogP contribution >= 0.6 is 11.8 Å². The van der Waals surface area contributed by atoms with Crippen molar-refractivity contribution in [3.05, 3.63) is 54.2 Å². The van der Waals surface area contributed by atoms with Crippen molar-refractivity contribution in [2.45, 2.75) is 23.3 Å². The van der Waals surface area contributed by atoms with Crippen molar-refractivity contribution in [3.8, 4) is 22.9 Å². The van der Waals surface area contributed by atoms with Gasteiger partial charge in [-0.2, -0.15) is 13.2 Å². The van der Waals surface area contributed by atoms with Crippen molar-refractivity contribution in [2.24, 2.45) is 7.05 Å². The van der Waals surface area contributed by atoms with Crippen molar-refractivity contribution in [3.63, 3.8) is 0 Å². The lowest BCUT2D eigenvalue weighted by Crippen LogP contribution is -2.10. The molecular formula is C18H13F3N6OS. The molecule has 0 amide bonds. The van der Waals surface area contributed by atoms with E-state index in [0.717, 1.165) is 23.4 Å². The van der Waals surface area contributed by atoms with Gasteiger partial charge in [0, 0.05) is 19.3 Å². The Labute approximate surface area is 167 Å². The number of hydrogen-bond donors (Lipinski definition) is 0. The lowest BCUT2D eigenvalue weighted by atomic mass is 10.2. The summed E-state index contributed by atoms with van der Waals surface area (Å²) in [5, 5.41) is 8.66. The summed E-state index contributed by atoms with van der Waals surface area (Å²) >= 11 is 0.957. The van der Waals surface area contributed by atoms with Crippen LogP contribution in [0.4, 0.5) is 13.2 Å². The smallest absolute Gasteiger partial charge is 0.433 e. The largest absolute Gasteiger partial charge is 0.469 e. The number of aryl methyl sites for hydroxylation is 1. The van der Waals surface area contributed by atoms with Crippen molar-refractivity contribution in [1.29, 1.82) is 0 Å². The maximum absolute atomic E-state index is 13.4. The van der Waals surface area contributed by atoms with Crippen LogP contribution in [0, 0.1) is 6.92 Å². The Morgan fingerprint density at radius 3 is 2.59 bits per heavy atom.